The van der Waals surface area contributed by atoms with Crippen molar-refractivity contribution in [2.45, 2.75) is 6.92 Å². The summed E-state index contributed by atoms with van der Waals surface area (Å²) in [7, 11) is 1.56. The molecule has 1 aromatic carbocycles. The summed E-state index contributed by atoms with van der Waals surface area (Å²) < 4.78 is 10.7. The van der Waals surface area contributed by atoms with Gasteiger partial charge in [0, 0.05) is 38.4 Å². The van der Waals surface area contributed by atoms with Crippen molar-refractivity contribution in [3.63, 3.8) is 0 Å². The van der Waals surface area contributed by atoms with Gasteiger partial charge in [0.15, 0.2) is 0 Å². The Balaban J connectivity index is 1.64. The number of amides is 1. The zero-order valence-corrected chi connectivity index (χ0v) is 14.6. The molecule has 6 heteroatoms. The van der Waals surface area contributed by atoms with Gasteiger partial charge in [-0.2, -0.15) is 0 Å². The van der Waals surface area contributed by atoms with Crippen LogP contribution in [-0.4, -0.2) is 55.7 Å². The van der Waals surface area contributed by atoms with Gasteiger partial charge in [0.05, 0.1) is 25.0 Å². The van der Waals surface area contributed by atoms with Crippen molar-refractivity contribution in [3.05, 3.63) is 48.2 Å². The van der Waals surface area contributed by atoms with Crippen LogP contribution in [0.25, 0.3) is 0 Å². The van der Waals surface area contributed by atoms with Gasteiger partial charge >= 0.3 is 0 Å². The van der Waals surface area contributed by atoms with Crippen LogP contribution in [0.1, 0.15) is 17.3 Å². The fourth-order valence-corrected chi connectivity index (χ4v) is 2.96. The smallest absolute Gasteiger partial charge is 0.255 e. The summed E-state index contributed by atoms with van der Waals surface area (Å²) in [6, 6.07) is 11.5. The molecule has 0 atom stereocenters. The number of carbonyl (C=O) groups is 1. The first-order valence-corrected chi connectivity index (χ1v) is 8.49. The second-order valence-corrected chi connectivity index (χ2v) is 5.77. The van der Waals surface area contributed by atoms with Gasteiger partial charge in [-0.15, -0.1) is 0 Å². The first kappa shape index (κ1) is 17.1. The SMILES string of the molecule is CCOc1ccccc1N1CCN(C(=O)c2ccc(OC)nc2)CC1. The molecule has 2 heterocycles. The van der Waals surface area contributed by atoms with Gasteiger partial charge < -0.3 is 19.3 Å². The number of nitrogens with zero attached hydrogens (tertiary/aromatic N) is 3. The van der Waals surface area contributed by atoms with Crippen LogP contribution in [-0.2, 0) is 0 Å². The lowest BCUT2D eigenvalue weighted by atomic mass is 10.2. The van der Waals surface area contributed by atoms with E-state index in [0.717, 1.165) is 24.5 Å². The lowest BCUT2D eigenvalue weighted by Crippen LogP contribution is -2.48. The van der Waals surface area contributed by atoms with Crippen LogP contribution in [0.5, 0.6) is 11.6 Å². The Kier molecular flexibility index (Phi) is 5.38. The highest BCUT2D eigenvalue weighted by Crippen LogP contribution is 2.29. The molecule has 25 heavy (non-hydrogen) atoms. The van der Waals surface area contributed by atoms with E-state index in [9.17, 15) is 4.79 Å². The summed E-state index contributed by atoms with van der Waals surface area (Å²) in [4.78, 5) is 20.9. The molecule has 3 rings (SSSR count). The molecule has 1 saturated heterocycles. The highest BCUT2D eigenvalue weighted by molar-refractivity contribution is 5.94. The van der Waals surface area contributed by atoms with Gasteiger partial charge in [-0.3, -0.25) is 4.79 Å². The number of benzene rings is 1. The predicted octanol–water partition coefficient (Wildman–Crippen LogP) is 2.45. The van der Waals surface area contributed by atoms with Crippen LogP contribution in [0, 0.1) is 0 Å². The van der Waals surface area contributed by atoms with Gasteiger partial charge in [0.1, 0.15) is 5.75 Å². The van der Waals surface area contributed by atoms with E-state index in [1.165, 1.54) is 0 Å². The third-order valence-electron chi connectivity index (χ3n) is 4.27. The molecule has 2 aromatic rings. The van der Waals surface area contributed by atoms with E-state index in [2.05, 4.69) is 16.0 Å². The topological polar surface area (TPSA) is 54.9 Å². The minimum Gasteiger partial charge on any atom is -0.492 e. The summed E-state index contributed by atoms with van der Waals surface area (Å²) in [6.07, 6.45) is 1.57. The first-order chi connectivity index (χ1) is 12.2. The average Bonchev–Trinajstić information content (AvgIpc) is 2.68. The van der Waals surface area contributed by atoms with E-state index >= 15 is 0 Å². The summed E-state index contributed by atoms with van der Waals surface area (Å²) >= 11 is 0. The molecule has 1 aromatic heterocycles. The molecular formula is C19H23N3O3. The first-order valence-electron chi connectivity index (χ1n) is 8.49. The van der Waals surface area contributed by atoms with Crippen LogP contribution >= 0.6 is 0 Å². The van der Waals surface area contributed by atoms with Gasteiger partial charge in [0.2, 0.25) is 5.88 Å². The van der Waals surface area contributed by atoms with Gasteiger partial charge in [-0.05, 0) is 25.1 Å². The number of para-hydroxylation sites is 2. The van der Waals surface area contributed by atoms with Crippen molar-refractivity contribution < 1.29 is 14.3 Å². The fourth-order valence-electron chi connectivity index (χ4n) is 2.96. The van der Waals surface area contributed by atoms with Crippen LogP contribution in [0.3, 0.4) is 0 Å². The van der Waals surface area contributed by atoms with E-state index in [4.69, 9.17) is 9.47 Å². The maximum atomic E-state index is 12.6. The molecule has 0 unspecified atom stereocenters. The maximum absolute atomic E-state index is 12.6. The number of aromatic nitrogens is 1. The molecule has 0 aliphatic carbocycles. The Hall–Kier alpha value is -2.76. The highest BCUT2D eigenvalue weighted by Gasteiger charge is 2.24. The predicted molar refractivity (Wildman–Crippen MR) is 96.5 cm³/mol. The Morgan fingerprint density at radius 2 is 1.88 bits per heavy atom. The lowest BCUT2D eigenvalue weighted by Gasteiger charge is -2.36. The van der Waals surface area contributed by atoms with Crippen molar-refractivity contribution in [1.82, 2.24) is 9.88 Å². The number of anilines is 1. The Bertz CT molecular complexity index is 710. The van der Waals surface area contributed by atoms with Crippen LogP contribution in [0.15, 0.2) is 42.6 Å². The second-order valence-electron chi connectivity index (χ2n) is 5.77. The molecule has 0 radical (unpaired) electrons. The standard InChI is InChI=1S/C19H23N3O3/c1-3-25-17-7-5-4-6-16(17)21-10-12-22(13-11-21)19(23)15-8-9-18(24-2)20-14-15/h4-9,14H,3,10-13H2,1-2H3. The number of ether oxygens (including phenoxy) is 2. The molecule has 1 aliphatic heterocycles. The monoisotopic (exact) mass is 341 g/mol. The quantitative estimate of drug-likeness (QED) is 0.836. The van der Waals surface area contributed by atoms with Gasteiger partial charge in [0.25, 0.3) is 5.91 Å². The average molecular weight is 341 g/mol. The summed E-state index contributed by atoms with van der Waals surface area (Å²) in [5.41, 5.74) is 1.67. The van der Waals surface area contributed by atoms with Crippen molar-refractivity contribution in [3.8, 4) is 11.6 Å². The number of pyridine rings is 1. The molecule has 6 nitrogen and oxygen atoms in total. The Morgan fingerprint density at radius 1 is 1.12 bits per heavy atom. The van der Waals surface area contributed by atoms with E-state index in [1.807, 2.05) is 30.0 Å². The van der Waals surface area contributed by atoms with E-state index in [-0.39, 0.29) is 5.91 Å². The molecule has 1 amide bonds. The molecule has 0 saturated carbocycles. The molecule has 0 spiro atoms. The number of carbonyl (C=O) groups excluding carboxylic acids is 1. The minimum atomic E-state index is 0.00731. The van der Waals surface area contributed by atoms with Crippen molar-refractivity contribution in [1.29, 1.82) is 0 Å². The molecule has 1 aliphatic rings. The fraction of sp³-hybridized carbons (Fsp3) is 0.368. The third kappa shape index (κ3) is 3.84. The van der Waals surface area contributed by atoms with E-state index < -0.39 is 0 Å². The third-order valence-corrected chi connectivity index (χ3v) is 4.27. The second kappa shape index (κ2) is 7.88. The number of rotatable bonds is 5. The zero-order chi connectivity index (χ0) is 17.6. The largest absolute Gasteiger partial charge is 0.492 e. The van der Waals surface area contributed by atoms with Crippen molar-refractivity contribution in [2.24, 2.45) is 0 Å². The zero-order valence-electron chi connectivity index (χ0n) is 14.6. The molecule has 0 bridgehead atoms. The van der Waals surface area contributed by atoms with Crippen LogP contribution in [0.4, 0.5) is 5.69 Å². The molecular weight excluding hydrogens is 318 g/mol. The summed E-state index contributed by atoms with van der Waals surface area (Å²) in [5, 5.41) is 0. The normalized spacial score (nSPS) is 14.3. The number of hydrogen-bond acceptors (Lipinski definition) is 5. The lowest BCUT2D eigenvalue weighted by molar-refractivity contribution is 0.0746. The van der Waals surface area contributed by atoms with E-state index in [1.54, 1.807) is 25.4 Å². The van der Waals surface area contributed by atoms with E-state index in [0.29, 0.717) is 31.1 Å². The van der Waals surface area contributed by atoms with Gasteiger partial charge in [-0.1, -0.05) is 12.1 Å². The van der Waals surface area contributed by atoms with Crippen LogP contribution in [0.2, 0.25) is 0 Å². The van der Waals surface area contributed by atoms with Crippen molar-refractivity contribution >= 4 is 11.6 Å². The number of piperazine rings is 1. The Labute approximate surface area is 148 Å². The minimum absolute atomic E-state index is 0.00731. The van der Waals surface area contributed by atoms with Gasteiger partial charge in [-0.25, -0.2) is 4.98 Å². The molecule has 132 valence electrons. The van der Waals surface area contributed by atoms with Crippen LogP contribution < -0.4 is 14.4 Å². The molecule has 1 fully saturated rings. The maximum Gasteiger partial charge on any atom is 0.255 e. The number of methoxy groups -OCH3 is 1. The number of hydrogen-bond donors (Lipinski definition) is 0. The van der Waals surface area contributed by atoms with Crippen molar-refractivity contribution in [2.75, 3.05) is 44.8 Å². The summed E-state index contributed by atoms with van der Waals surface area (Å²) in [6.45, 7) is 5.52. The Morgan fingerprint density at radius 3 is 2.52 bits per heavy atom. The highest BCUT2D eigenvalue weighted by atomic mass is 16.5. The molecule has 0 N–H and O–H groups in total. The summed E-state index contributed by atoms with van der Waals surface area (Å²) in [5.74, 6) is 1.41.